The quantitative estimate of drug-likeness (QED) is 0.681. The molecule has 106 valence electrons. The summed E-state index contributed by atoms with van der Waals surface area (Å²) in [5, 5.41) is 7.76. The smallest absolute Gasteiger partial charge is 0.298 e. The molecule has 0 aliphatic heterocycles. The molecule has 7 heteroatoms. The average Bonchev–Trinajstić information content (AvgIpc) is 2.89. The third-order valence-corrected chi connectivity index (χ3v) is 3.02. The van der Waals surface area contributed by atoms with E-state index in [-0.39, 0.29) is 5.82 Å². The number of hydrogen-bond donors (Lipinski definition) is 0. The molecule has 0 unspecified atom stereocenters. The van der Waals surface area contributed by atoms with Crippen LogP contribution in [0.1, 0.15) is 15.9 Å². The van der Waals surface area contributed by atoms with Gasteiger partial charge in [0.15, 0.2) is 11.5 Å². The van der Waals surface area contributed by atoms with Crippen molar-refractivity contribution in [3.8, 4) is 11.4 Å². The number of pyridine rings is 1. The van der Waals surface area contributed by atoms with Crippen molar-refractivity contribution in [2.45, 2.75) is 6.18 Å². The van der Waals surface area contributed by atoms with Gasteiger partial charge in [0.25, 0.3) is 0 Å². The van der Waals surface area contributed by atoms with Crippen LogP contribution in [0.4, 0.5) is 13.2 Å². The first-order chi connectivity index (χ1) is 9.99. The molecule has 2 heterocycles. The number of benzene rings is 1. The van der Waals surface area contributed by atoms with Gasteiger partial charge in [-0.3, -0.25) is 9.20 Å². The molecule has 0 saturated heterocycles. The number of halogens is 3. The van der Waals surface area contributed by atoms with E-state index in [0.29, 0.717) is 23.1 Å². The van der Waals surface area contributed by atoms with Gasteiger partial charge in [-0.2, -0.15) is 13.2 Å². The second-order valence-electron chi connectivity index (χ2n) is 4.41. The summed E-state index contributed by atoms with van der Waals surface area (Å²) in [6, 6.07) is 7.91. The Bertz CT molecular complexity index is 824. The lowest BCUT2D eigenvalue weighted by molar-refractivity contribution is -0.137. The Kier molecular flexibility index (Phi) is 2.97. The van der Waals surface area contributed by atoms with E-state index in [2.05, 4.69) is 10.2 Å². The van der Waals surface area contributed by atoms with Gasteiger partial charge in [0, 0.05) is 17.3 Å². The van der Waals surface area contributed by atoms with E-state index < -0.39 is 11.7 Å². The van der Waals surface area contributed by atoms with Gasteiger partial charge in [0.05, 0.1) is 5.56 Å². The number of rotatable bonds is 2. The molecule has 21 heavy (non-hydrogen) atoms. The van der Waals surface area contributed by atoms with E-state index in [0.717, 1.165) is 12.1 Å². The van der Waals surface area contributed by atoms with Crippen molar-refractivity contribution in [1.82, 2.24) is 14.6 Å². The van der Waals surface area contributed by atoms with Gasteiger partial charge in [-0.15, -0.1) is 10.2 Å². The molecule has 2 aromatic heterocycles. The Morgan fingerprint density at radius 1 is 1.10 bits per heavy atom. The zero-order chi connectivity index (χ0) is 15.0. The molecule has 3 aromatic rings. The lowest BCUT2D eigenvalue weighted by atomic mass is 10.1. The summed E-state index contributed by atoms with van der Waals surface area (Å²) in [4.78, 5) is 10.7. The number of hydrogen-bond acceptors (Lipinski definition) is 3. The molecule has 0 aliphatic carbocycles. The predicted molar refractivity (Wildman–Crippen MR) is 68.8 cm³/mol. The average molecular weight is 291 g/mol. The lowest BCUT2D eigenvalue weighted by Crippen LogP contribution is -2.04. The summed E-state index contributed by atoms with van der Waals surface area (Å²) >= 11 is 0. The van der Waals surface area contributed by atoms with Crippen LogP contribution in [-0.2, 0) is 6.18 Å². The summed E-state index contributed by atoms with van der Waals surface area (Å²) in [6.45, 7) is 0. The van der Waals surface area contributed by atoms with E-state index in [1.807, 2.05) is 0 Å². The molecule has 0 amide bonds. The standard InChI is InChI=1S/C14H8F3N3O/c15-14(16,17)11-3-1-2-10(7-11)13-19-18-12-6-9(8-21)4-5-20(12)13/h1-8H. The third kappa shape index (κ3) is 2.37. The van der Waals surface area contributed by atoms with Crippen LogP contribution in [0.3, 0.4) is 0 Å². The fraction of sp³-hybridized carbons (Fsp3) is 0.0714. The van der Waals surface area contributed by atoms with Crippen molar-refractivity contribution in [1.29, 1.82) is 0 Å². The highest BCUT2D eigenvalue weighted by Gasteiger charge is 2.30. The van der Waals surface area contributed by atoms with Crippen molar-refractivity contribution >= 4 is 11.9 Å². The first-order valence-electron chi connectivity index (χ1n) is 5.96. The van der Waals surface area contributed by atoms with Crippen molar-refractivity contribution in [2.24, 2.45) is 0 Å². The second kappa shape index (κ2) is 4.69. The molecule has 1 aromatic carbocycles. The van der Waals surface area contributed by atoms with Crippen LogP contribution in [0, 0.1) is 0 Å². The summed E-state index contributed by atoms with van der Waals surface area (Å²) in [7, 11) is 0. The summed E-state index contributed by atoms with van der Waals surface area (Å²) < 4.78 is 39.8. The topological polar surface area (TPSA) is 47.3 Å². The molecule has 3 rings (SSSR count). The number of carbonyl (C=O) groups excluding carboxylic acids is 1. The fourth-order valence-electron chi connectivity index (χ4n) is 2.01. The van der Waals surface area contributed by atoms with E-state index in [1.54, 1.807) is 12.3 Å². The van der Waals surface area contributed by atoms with Crippen molar-refractivity contribution in [3.63, 3.8) is 0 Å². The number of fused-ring (bicyclic) bond motifs is 1. The van der Waals surface area contributed by atoms with Gasteiger partial charge in [-0.05, 0) is 24.3 Å². The van der Waals surface area contributed by atoms with Crippen LogP contribution in [0.25, 0.3) is 17.0 Å². The normalized spacial score (nSPS) is 11.8. The molecule has 0 fully saturated rings. The molecule has 0 N–H and O–H groups in total. The van der Waals surface area contributed by atoms with Crippen molar-refractivity contribution < 1.29 is 18.0 Å². The molecule has 0 radical (unpaired) electrons. The van der Waals surface area contributed by atoms with Crippen LogP contribution in [-0.4, -0.2) is 20.9 Å². The van der Waals surface area contributed by atoms with E-state index >= 15 is 0 Å². The minimum Gasteiger partial charge on any atom is -0.298 e. The number of alkyl halides is 3. The van der Waals surface area contributed by atoms with Crippen LogP contribution < -0.4 is 0 Å². The number of carbonyl (C=O) groups is 1. The highest BCUT2D eigenvalue weighted by Crippen LogP contribution is 2.31. The van der Waals surface area contributed by atoms with Crippen molar-refractivity contribution in [2.75, 3.05) is 0 Å². The van der Waals surface area contributed by atoms with Crippen LogP contribution >= 0.6 is 0 Å². The van der Waals surface area contributed by atoms with E-state index in [1.165, 1.54) is 22.6 Å². The predicted octanol–water partition coefficient (Wildman–Crippen LogP) is 3.23. The molecular formula is C14H8F3N3O. The van der Waals surface area contributed by atoms with Crippen LogP contribution in [0.2, 0.25) is 0 Å². The number of nitrogens with zero attached hydrogens (tertiary/aromatic N) is 3. The largest absolute Gasteiger partial charge is 0.416 e. The minimum absolute atomic E-state index is 0.286. The fourth-order valence-corrected chi connectivity index (χ4v) is 2.01. The van der Waals surface area contributed by atoms with Gasteiger partial charge in [0.1, 0.15) is 6.29 Å². The SMILES string of the molecule is O=Cc1ccn2c(-c3cccc(C(F)(F)F)c3)nnc2c1. The maximum Gasteiger partial charge on any atom is 0.416 e. The van der Waals surface area contributed by atoms with Gasteiger partial charge in [-0.25, -0.2) is 0 Å². The maximum atomic E-state index is 12.7. The van der Waals surface area contributed by atoms with Gasteiger partial charge < -0.3 is 0 Å². The Morgan fingerprint density at radius 3 is 2.62 bits per heavy atom. The number of aldehydes is 1. The zero-order valence-electron chi connectivity index (χ0n) is 10.5. The number of aromatic nitrogens is 3. The first kappa shape index (κ1) is 13.3. The molecule has 0 spiro atoms. The highest BCUT2D eigenvalue weighted by atomic mass is 19.4. The molecular weight excluding hydrogens is 283 g/mol. The maximum absolute atomic E-state index is 12.7. The van der Waals surface area contributed by atoms with Gasteiger partial charge >= 0.3 is 6.18 Å². The summed E-state index contributed by atoms with van der Waals surface area (Å²) in [6.07, 6.45) is -2.20. The Hall–Kier alpha value is -2.70. The Morgan fingerprint density at radius 2 is 1.90 bits per heavy atom. The van der Waals surface area contributed by atoms with Crippen LogP contribution in [0.15, 0.2) is 42.6 Å². The van der Waals surface area contributed by atoms with Crippen LogP contribution in [0.5, 0.6) is 0 Å². The van der Waals surface area contributed by atoms with Gasteiger partial charge in [-0.1, -0.05) is 12.1 Å². The highest BCUT2D eigenvalue weighted by molar-refractivity contribution is 5.77. The lowest BCUT2D eigenvalue weighted by Gasteiger charge is -2.07. The molecule has 0 aliphatic rings. The van der Waals surface area contributed by atoms with Gasteiger partial charge in [0.2, 0.25) is 0 Å². The molecule has 0 bridgehead atoms. The Balaban J connectivity index is 2.15. The monoisotopic (exact) mass is 291 g/mol. The molecule has 0 saturated carbocycles. The second-order valence-corrected chi connectivity index (χ2v) is 4.41. The molecule has 0 atom stereocenters. The summed E-state index contributed by atoms with van der Waals surface area (Å²) in [5.41, 5.74) is 0.370. The zero-order valence-corrected chi connectivity index (χ0v) is 10.5. The minimum atomic E-state index is -4.42. The van der Waals surface area contributed by atoms with E-state index in [9.17, 15) is 18.0 Å². The molecule has 4 nitrogen and oxygen atoms in total. The van der Waals surface area contributed by atoms with Crippen molar-refractivity contribution in [3.05, 3.63) is 53.7 Å². The Labute approximate surface area is 116 Å². The van der Waals surface area contributed by atoms with E-state index in [4.69, 9.17) is 0 Å². The third-order valence-electron chi connectivity index (χ3n) is 3.02. The summed E-state index contributed by atoms with van der Waals surface area (Å²) in [5.74, 6) is 0.286. The first-order valence-corrected chi connectivity index (χ1v) is 5.96.